The van der Waals surface area contributed by atoms with Crippen LogP contribution in [0.15, 0.2) is 41.2 Å². The topological polar surface area (TPSA) is 0 Å². The summed E-state index contributed by atoms with van der Waals surface area (Å²) in [6, 6.07) is 0. The Kier molecular flexibility index (Phi) is 7.69. The summed E-state index contributed by atoms with van der Waals surface area (Å²) in [7, 11) is 0. The molecule has 0 heterocycles. The molecule has 3 heteroatoms. The molecule has 0 amide bonds. The van der Waals surface area contributed by atoms with Gasteiger partial charge in [-0.25, -0.2) is 0 Å². The number of allylic oxidation sites excluding steroid dienone is 8. The van der Waals surface area contributed by atoms with Gasteiger partial charge in [-0.2, -0.15) is 0 Å². The summed E-state index contributed by atoms with van der Waals surface area (Å²) >= 11 is -0.239. The molecule has 0 nitrogen and oxygen atoms in total. The molecule has 0 bridgehead atoms. The molecule has 0 unspecified atom stereocenters. The van der Waals surface area contributed by atoms with Crippen molar-refractivity contribution in [3.63, 3.8) is 0 Å². The predicted octanol–water partition coefficient (Wildman–Crippen LogP) is 7.53. The van der Waals surface area contributed by atoms with Crippen LogP contribution in [-0.4, -0.2) is 0 Å². The fourth-order valence-corrected chi connectivity index (χ4v) is 6.94. The van der Waals surface area contributed by atoms with Crippen LogP contribution in [0.5, 0.6) is 0 Å². The van der Waals surface area contributed by atoms with E-state index in [0.29, 0.717) is 0 Å². The van der Waals surface area contributed by atoms with Gasteiger partial charge in [-0.05, 0) is 0 Å². The van der Waals surface area contributed by atoms with Crippen LogP contribution in [0.2, 0.25) is 0 Å². The molecule has 0 aromatic carbocycles. The summed E-state index contributed by atoms with van der Waals surface area (Å²) in [6.07, 6.45) is 0. The van der Waals surface area contributed by atoms with E-state index in [-0.39, 0.29) is 63.9 Å². The average molecular weight is 480 g/mol. The zero-order valence-electron chi connectivity index (χ0n) is 16.3. The van der Waals surface area contributed by atoms with E-state index in [0.717, 1.165) is 0 Å². The second-order valence-corrected chi connectivity index (χ2v) is 9.83. The van der Waals surface area contributed by atoms with Crippen LogP contribution in [0.3, 0.4) is 0 Å². The van der Waals surface area contributed by atoms with E-state index in [9.17, 15) is 0 Å². The molecule has 2 rings (SSSR count). The first-order chi connectivity index (χ1) is 9.44. The minimum atomic E-state index is -0.239. The molecule has 0 saturated carbocycles. The molecule has 0 N–H and O–H groups in total. The average Bonchev–Trinajstić information content (AvgIpc) is 2.63. The van der Waals surface area contributed by atoms with Crippen molar-refractivity contribution in [1.82, 2.24) is 0 Å². The van der Waals surface area contributed by atoms with E-state index >= 15 is 0 Å². The van der Waals surface area contributed by atoms with Gasteiger partial charge in [-0.15, -0.1) is 34.0 Å². The van der Waals surface area contributed by atoms with Gasteiger partial charge >= 0.3 is 140 Å². The van der Waals surface area contributed by atoms with Crippen LogP contribution in [-0.2, 0) is 19.2 Å². The molecule has 23 heavy (non-hydrogen) atoms. The van der Waals surface area contributed by atoms with Gasteiger partial charge in [-0.3, -0.25) is 0 Å². The number of halogens is 2. The molecule has 2 aliphatic rings. The SMILES string of the molecule is Br.Br.CC1=C(C)C(C)(C)[C]([Ti][C]2=C(C)C(C)=C(C)C2(C)C)=C1C. The van der Waals surface area contributed by atoms with E-state index < -0.39 is 0 Å². The molecule has 0 atom stereocenters. The summed E-state index contributed by atoms with van der Waals surface area (Å²) in [4.78, 5) is 0. The molecular formula is C20H32Br2Ti. The zero-order valence-corrected chi connectivity index (χ0v) is 21.3. The zero-order chi connectivity index (χ0) is 16.3. The van der Waals surface area contributed by atoms with Crippen molar-refractivity contribution in [2.75, 3.05) is 0 Å². The van der Waals surface area contributed by atoms with Crippen molar-refractivity contribution in [1.29, 1.82) is 0 Å². The van der Waals surface area contributed by atoms with Crippen molar-refractivity contribution < 1.29 is 19.2 Å². The van der Waals surface area contributed by atoms with Crippen LogP contribution in [0, 0.1) is 10.8 Å². The first kappa shape index (κ1) is 23.6. The van der Waals surface area contributed by atoms with Gasteiger partial charge in [0.1, 0.15) is 0 Å². The Balaban J connectivity index is 0.00000242. The van der Waals surface area contributed by atoms with E-state index in [1.165, 1.54) is 11.1 Å². The Morgan fingerprint density at radius 3 is 0.957 bits per heavy atom. The summed E-state index contributed by atoms with van der Waals surface area (Å²) in [5.41, 5.74) is 9.92. The third kappa shape index (κ3) is 3.48. The summed E-state index contributed by atoms with van der Waals surface area (Å²) in [5.74, 6) is 0. The Morgan fingerprint density at radius 1 is 0.522 bits per heavy atom. The molecule has 0 fully saturated rings. The fourth-order valence-electron chi connectivity index (χ4n) is 3.81. The summed E-state index contributed by atoms with van der Waals surface area (Å²) in [6.45, 7) is 23.6. The molecular weight excluding hydrogens is 448 g/mol. The molecule has 0 aliphatic heterocycles. The van der Waals surface area contributed by atoms with Gasteiger partial charge in [0.15, 0.2) is 0 Å². The summed E-state index contributed by atoms with van der Waals surface area (Å²) < 4.78 is 3.50. The van der Waals surface area contributed by atoms with Crippen LogP contribution in [0.1, 0.15) is 69.2 Å². The Hall–Kier alpha value is 0.634. The maximum atomic E-state index is 2.42. The van der Waals surface area contributed by atoms with Crippen molar-refractivity contribution in [3.05, 3.63) is 41.2 Å². The normalized spacial score (nSPS) is 22.5. The van der Waals surface area contributed by atoms with E-state index in [4.69, 9.17) is 0 Å². The van der Waals surface area contributed by atoms with Gasteiger partial charge in [0, 0.05) is 0 Å². The third-order valence-corrected chi connectivity index (χ3v) is 10.3. The Labute approximate surface area is 173 Å². The number of hydrogen-bond acceptors (Lipinski definition) is 0. The van der Waals surface area contributed by atoms with Gasteiger partial charge in [-0.1, -0.05) is 0 Å². The summed E-state index contributed by atoms with van der Waals surface area (Å²) in [5, 5.41) is 0. The monoisotopic (exact) mass is 478 g/mol. The Morgan fingerprint density at radius 2 is 0.783 bits per heavy atom. The van der Waals surface area contributed by atoms with E-state index in [2.05, 4.69) is 69.2 Å². The Bertz CT molecular complexity index is 585. The van der Waals surface area contributed by atoms with Crippen molar-refractivity contribution >= 4 is 34.0 Å². The van der Waals surface area contributed by atoms with Crippen LogP contribution in [0.4, 0.5) is 0 Å². The van der Waals surface area contributed by atoms with Gasteiger partial charge in [0.2, 0.25) is 0 Å². The number of hydrogen-bond donors (Lipinski definition) is 0. The van der Waals surface area contributed by atoms with Gasteiger partial charge < -0.3 is 0 Å². The standard InChI is InChI=1S/2C10H15.2BrH.Ti/c2*1-7-6-10(4,5)9(3)8(7)2;;;/h2*1-5H3;2*1H;. The molecule has 0 aromatic rings. The van der Waals surface area contributed by atoms with Crippen LogP contribution >= 0.6 is 34.0 Å². The minimum absolute atomic E-state index is 0. The molecule has 0 aromatic heterocycles. The second kappa shape index (κ2) is 7.48. The van der Waals surface area contributed by atoms with Crippen LogP contribution in [0.25, 0.3) is 0 Å². The third-order valence-electron chi connectivity index (χ3n) is 6.38. The molecule has 0 spiro atoms. The first-order valence-corrected chi connectivity index (χ1v) is 9.56. The van der Waals surface area contributed by atoms with Gasteiger partial charge in [0.05, 0.1) is 0 Å². The van der Waals surface area contributed by atoms with Gasteiger partial charge in [0.25, 0.3) is 0 Å². The van der Waals surface area contributed by atoms with Crippen molar-refractivity contribution in [3.8, 4) is 0 Å². The van der Waals surface area contributed by atoms with Crippen LogP contribution < -0.4 is 0 Å². The van der Waals surface area contributed by atoms with E-state index in [1.54, 1.807) is 30.0 Å². The molecule has 0 saturated heterocycles. The second-order valence-electron chi connectivity index (χ2n) is 7.88. The quantitative estimate of drug-likeness (QED) is 0.359. The first-order valence-electron chi connectivity index (χ1n) is 8.00. The van der Waals surface area contributed by atoms with Crippen molar-refractivity contribution in [2.24, 2.45) is 10.8 Å². The fraction of sp³-hybridized carbons (Fsp3) is 0.600. The molecule has 0 radical (unpaired) electrons. The van der Waals surface area contributed by atoms with Crippen molar-refractivity contribution in [2.45, 2.75) is 69.2 Å². The van der Waals surface area contributed by atoms with E-state index in [1.807, 2.05) is 0 Å². The maximum absolute atomic E-state index is 2.42. The molecule has 2 aliphatic carbocycles. The molecule has 130 valence electrons. The predicted molar refractivity (Wildman–Crippen MR) is 110 cm³/mol. The number of rotatable bonds is 2.